The van der Waals surface area contributed by atoms with Gasteiger partial charge in [-0.2, -0.15) is 13.2 Å². The first-order valence-electron chi connectivity index (χ1n) is 12.1. The number of methoxy groups -OCH3 is 2. The quantitative estimate of drug-likeness (QED) is 0.624. The first kappa shape index (κ1) is 26.8. The van der Waals surface area contributed by atoms with Crippen molar-refractivity contribution in [2.45, 2.75) is 50.0 Å². The third-order valence-corrected chi connectivity index (χ3v) is 7.43. The summed E-state index contributed by atoms with van der Waals surface area (Å²) in [4.78, 5) is 27.1. The van der Waals surface area contributed by atoms with E-state index < -0.39 is 29.4 Å². The van der Waals surface area contributed by atoms with Gasteiger partial charge in [0.2, 0.25) is 0 Å². The van der Waals surface area contributed by atoms with Crippen LogP contribution in [0.15, 0.2) is 42.5 Å². The topological polar surface area (TPSA) is 77.1 Å². The maximum atomic E-state index is 14.6. The number of amides is 2. The lowest BCUT2D eigenvalue weighted by molar-refractivity contribution is -0.271. The van der Waals surface area contributed by atoms with Gasteiger partial charge in [0.1, 0.15) is 11.4 Å². The molecule has 2 aliphatic heterocycles. The number of alkyl halides is 3. The minimum Gasteiger partial charge on any atom is -0.496 e. The Morgan fingerprint density at radius 2 is 1.70 bits per heavy atom. The van der Waals surface area contributed by atoms with Gasteiger partial charge in [0, 0.05) is 56.6 Å². The minimum atomic E-state index is -5.00. The number of para-hydroxylation sites is 1. The fourth-order valence-electron chi connectivity index (χ4n) is 5.68. The van der Waals surface area contributed by atoms with Gasteiger partial charge in [0.15, 0.2) is 0 Å². The lowest BCUT2D eigenvalue weighted by atomic mass is 9.74. The van der Waals surface area contributed by atoms with Gasteiger partial charge in [-0.15, -0.1) is 0 Å². The Labute approximate surface area is 213 Å². The summed E-state index contributed by atoms with van der Waals surface area (Å²) in [5.74, 6) is -0.875. The van der Waals surface area contributed by atoms with Crippen molar-refractivity contribution in [3.8, 4) is 5.75 Å². The molecule has 2 atom stereocenters. The van der Waals surface area contributed by atoms with E-state index in [0.717, 1.165) is 17.6 Å². The van der Waals surface area contributed by atoms with Crippen molar-refractivity contribution in [2.75, 3.05) is 33.9 Å². The second kappa shape index (κ2) is 9.89. The Bertz CT molecular complexity index is 1160. The van der Waals surface area contributed by atoms with Gasteiger partial charge < -0.3 is 24.4 Å². The van der Waals surface area contributed by atoms with Crippen molar-refractivity contribution in [1.29, 1.82) is 0 Å². The molecule has 2 aromatic carbocycles. The van der Waals surface area contributed by atoms with Crippen LogP contribution in [0.4, 0.5) is 18.0 Å². The third kappa shape index (κ3) is 4.63. The van der Waals surface area contributed by atoms with Crippen LogP contribution < -0.4 is 10.1 Å². The van der Waals surface area contributed by atoms with Gasteiger partial charge >= 0.3 is 12.3 Å². The standard InChI is InChI=1S/C27H31F3N2O5/c1-17-13-18(2)15-19(14-17)26(36-4,27(28,29)30)23(33)32-11-9-25(10-12-32)21(16-31-24(34)37-25)20-7-5-6-8-22(20)35-3/h5-8,13-15,21H,9-12,16H2,1-4H3,(H,31,34)/t21-,26+/m0/s1. The zero-order valence-electron chi connectivity index (χ0n) is 21.3. The average molecular weight is 521 g/mol. The molecule has 2 aliphatic rings. The lowest BCUT2D eigenvalue weighted by Gasteiger charge is -2.49. The third-order valence-electron chi connectivity index (χ3n) is 7.43. The minimum absolute atomic E-state index is 0.0379. The molecule has 0 saturated carbocycles. The van der Waals surface area contributed by atoms with Crippen LogP contribution in [0.3, 0.4) is 0 Å². The number of carbonyl (C=O) groups excluding carboxylic acids is 2. The lowest BCUT2D eigenvalue weighted by Crippen LogP contribution is -2.62. The monoisotopic (exact) mass is 520 g/mol. The van der Waals surface area contributed by atoms with Gasteiger partial charge in [-0.1, -0.05) is 47.5 Å². The van der Waals surface area contributed by atoms with E-state index in [9.17, 15) is 22.8 Å². The van der Waals surface area contributed by atoms with Gasteiger partial charge in [-0.05, 0) is 19.9 Å². The van der Waals surface area contributed by atoms with Crippen molar-refractivity contribution < 1.29 is 37.0 Å². The first-order chi connectivity index (χ1) is 17.5. The van der Waals surface area contributed by atoms with E-state index in [1.165, 1.54) is 12.1 Å². The number of rotatable bonds is 5. The van der Waals surface area contributed by atoms with E-state index >= 15 is 0 Å². The molecule has 7 nitrogen and oxygen atoms in total. The zero-order chi connectivity index (χ0) is 27.0. The molecule has 37 heavy (non-hydrogen) atoms. The number of piperidine rings is 1. The van der Waals surface area contributed by atoms with Gasteiger partial charge in [-0.25, -0.2) is 4.79 Å². The fraction of sp³-hybridized carbons (Fsp3) is 0.481. The van der Waals surface area contributed by atoms with E-state index in [1.807, 2.05) is 18.2 Å². The summed E-state index contributed by atoms with van der Waals surface area (Å²) in [7, 11) is 2.45. The summed E-state index contributed by atoms with van der Waals surface area (Å²) in [6.45, 7) is 3.55. The van der Waals surface area contributed by atoms with E-state index in [-0.39, 0.29) is 44.0 Å². The summed E-state index contributed by atoms with van der Waals surface area (Å²) in [6, 6.07) is 11.8. The van der Waals surface area contributed by atoms with Crippen molar-refractivity contribution >= 4 is 12.0 Å². The van der Waals surface area contributed by atoms with Crippen LogP contribution in [0.25, 0.3) is 0 Å². The maximum Gasteiger partial charge on any atom is 0.430 e. The molecule has 2 aromatic rings. The largest absolute Gasteiger partial charge is 0.496 e. The number of hydrogen-bond acceptors (Lipinski definition) is 5. The molecule has 0 aliphatic carbocycles. The summed E-state index contributed by atoms with van der Waals surface area (Å²) >= 11 is 0. The van der Waals surface area contributed by atoms with Crippen LogP contribution in [0.5, 0.6) is 5.75 Å². The van der Waals surface area contributed by atoms with Crippen LogP contribution in [-0.4, -0.2) is 62.5 Å². The number of carbonyl (C=O) groups is 2. The number of nitrogens with one attached hydrogen (secondary N) is 1. The molecular weight excluding hydrogens is 489 g/mol. The number of benzene rings is 2. The summed E-state index contributed by atoms with van der Waals surface area (Å²) in [5.41, 5.74) is -2.41. The molecule has 200 valence electrons. The molecule has 10 heteroatoms. The molecule has 2 fully saturated rings. The van der Waals surface area contributed by atoms with Crippen LogP contribution in [0.1, 0.15) is 41.0 Å². The number of halogens is 3. The number of ether oxygens (including phenoxy) is 3. The van der Waals surface area contributed by atoms with Crippen LogP contribution in [0, 0.1) is 13.8 Å². The molecule has 1 N–H and O–H groups in total. The summed E-state index contributed by atoms with van der Waals surface area (Å²) in [6.07, 6.45) is -5.27. The van der Waals surface area contributed by atoms with Gasteiger partial charge in [-0.3, -0.25) is 4.79 Å². The Balaban J connectivity index is 1.66. The Morgan fingerprint density at radius 3 is 2.27 bits per heavy atom. The number of aryl methyl sites for hydroxylation is 2. The smallest absolute Gasteiger partial charge is 0.430 e. The molecule has 0 unspecified atom stereocenters. The maximum absolute atomic E-state index is 14.6. The van der Waals surface area contributed by atoms with Gasteiger partial charge in [0.25, 0.3) is 11.5 Å². The normalized spacial score (nSPS) is 21.1. The number of alkyl carbamates (subject to hydrolysis) is 1. The summed E-state index contributed by atoms with van der Waals surface area (Å²) < 4.78 is 60.3. The number of hydrogen-bond donors (Lipinski definition) is 1. The molecular formula is C27H31F3N2O5. The molecule has 4 rings (SSSR count). The predicted octanol–water partition coefficient (Wildman–Crippen LogP) is 4.60. The Morgan fingerprint density at radius 1 is 1.08 bits per heavy atom. The van der Waals surface area contributed by atoms with Gasteiger partial charge in [0.05, 0.1) is 7.11 Å². The van der Waals surface area contributed by atoms with Crippen molar-refractivity contribution in [3.05, 3.63) is 64.7 Å². The molecule has 2 amide bonds. The molecule has 1 spiro atoms. The second-order valence-electron chi connectivity index (χ2n) is 9.68. The highest BCUT2D eigenvalue weighted by atomic mass is 19.4. The van der Waals surface area contributed by atoms with Crippen molar-refractivity contribution in [3.63, 3.8) is 0 Å². The van der Waals surface area contributed by atoms with Crippen LogP contribution >= 0.6 is 0 Å². The highest BCUT2D eigenvalue weighted by Crippen LogP contribution is 2.47. The van der Waals surface area contributed by atoms with Crippen molar-refractivity contribution in [1.82, 2.24) is 10.2 Å². The SMILES string of the molecule is COc1ccccc1[C@@H]1CNC(=O)OC12CCN(C(=O)[C@](OC)(c1cc(C)cc(C)c1)C(F)(F)F)CC2. The van der Waals surface area contributed by atoms with E-state index in [2.05, 4.69) is 5.32 Å². The number of likely N-dealkylation sites (tertiary alicyclic amines) is 1. The predicted molar refractivity (Wildman–Crippen MR) is 129 cm³/mol. The first-order valence-corrected chi connectivity index (χ1v) is 12.1. The number of nitrogens with zero attached hydrogens (tertiary/aromatic N) is 1. The zero-order valence-corrected chi connectivity index (χ0v) is 21.3. The summed E-state index contributed by atoms with van der Waals surface area (Å²) in [5, 5.41) is 2.71. The molecule has 0 radical (unpaired) electrons. The van der Waals surface area contributed by atoms with E-state index in [0.29, 0.717) is 16.9 Å². The molecule has 0 bridgehead atoms. The highest BCUT2D eigenvalue weighted by molar-refractivity contribution is 5.88. The molecule has 0 aromatic heterocycles. The average Bonchev–Trinajstić information content (AvgIpc) is 2.84. The molecule has 2 heterocycles. The van der Waals surface area contributed by atoms with Crippen molar-refractivity contribution in [2.24, 2.45) is 0 Å². The highest BCUT2D eigenvalue weighted by Gasteiger charge is 2.64. The Kier molecular flexibility index (Phi) is 7.16. The van der Waals surface area contributed by atoms with E-state index in [4.69, 9.17) is 14.2 Å². The van der Waals surface area contributed by atoms with Crippen LogP contribution in [-0.2, 0) is 19.9 Å². The van der Waals surface area contributed by atoms with Crippen LogP contribution in [0.2, 0.25) is 0 Å². The second-order valence-corrected chi connectivity index (χ2v) is 9.68. The van der Waals surface area contributed by atoms with E-state index in [1.54, 1.807) is 33.1 Å². The molecule has 2 saturated heterocycles. The Hall–Kier alpha value is -3.27. The fourth-order valence-corrected chi connectivity index (χ4v) is 5.68.